The van der Waals surface area contributed by atoms with Crippen molar-refractivity contribution in [1.82, 2.24) is 0 Å². The van der Waals surface area contributed by atoms with Crippen molar-refractivity contribution in [2.24, 2.45) is 5.73 Å². The van der Waals surface area contributed by atoms with Gasteiger partial charge in [0.15, 0.2) is 0 Å². The van der Waals surface area contributed by atoms with Gasteiger partial charge in [-0.1, -0.05) is 35.9 Å². The molecule has 4 heteroatoms. The van der Waals surface area contributed by atoms with E-state index in [-0.39, 0.29) is 12.4 Å². The van der Waals surface area contributed by atoms with Crippen LogP contribution in [0.2, 0.25) is 5.02 Å². The Hall–Kier alpha value is -1.42. The van der Waals surface area contributed by atoms with Gasteiger partial charge in [0.25, 0.3) is 0 Å². The maximum atomic E-state index is 13.3. The summed E-state index contributed by atoms with van der Waals surface area (Å²) in [5.74, 6) is -0.742. The lowest BCUT2D eigenvalue weighted by molar-refractivity contribution is 0.147. The van der Waals surface area contributed by atoms with E-state index >= 15 is 0 Å². The van der Waals surface area contributed by atoms with Gasteiger partial charge < -0.3 is 10.8 Å². The molecule has 0 radical (unpaired) electrons. The molecule has 2 atom stereocenters. The molecule has 2 unspecified atom stereocenters. The molecule has 0 aliphatic rings. The first-order valence-corrected chi connectivity index (χ1v) is 6.80. The van der Waals surface area contributed by atoms with E-state index in [4.69, 9.17) is 17.3 Å². The third-order valence-electron chi connectivity index (χ3n) is 3.39. The average molecular weight is 294 g/mol. The van der Waals surface area contributed by atoms with Crippen LogP contribution in [0, 0.1) is 12.7 Å². The van der Waals surface area contributed by atoms with Gasteiger partial charge in [0.2, 0.25) is 0 Å². The van der Waals surface area contributed by atoms with Gasteiger partial charge in [0.05, 0.1) is 6.10 Å². The van der Waals surface area contributed by atoms with Gasteiger partial charge >= 0.3 is 0 Å². The molecule has 0 amide bonds. The quantitative estimate of drug-likeness (QED) is 0.905. The number of aliphatic hydroxyl groups excluding tert-OH is 1. The summed E-state index contributed by atoms with van der Waals surface area (Å²) >= 11 is 6.17. The summed E-state index contributed by atoms with van der Waals surface area (Å²) in [6.45, 7) is 2.13. The predicted octanol–water partition coefficient (Wildman–Crippen LogP) is 3.56. The number of hydrogen-bond donors (Lipinski definition) is 2. The van der Waals surface area contributed by atoms with Gasteiger partial charge in [-0.25, -0.2) is 4.39 Å². The van der Waals surface area contributed by atoms with E-state index in [9.17, 15) is 9.50 Å². The number of benzene rings is 2. The SMILES string of the molecule is Cc1ccc(C(O)C(CN)c2cccc(F)c2)c(Cl)c1. The van der Waals surface area contributed by atoms with Crippen LogP contribution in [0.4, 0.5) is 4.39 Å². The Morgan fingerprint density at radius 1 is 1.25 bits per heavy atom. The summed E-state index contributed by atoms with van der Waals surface area (Å²) in [4.78, 5) is 0. The van der Waals surface area contributed by atoms with Crippen molar-refractivity contribution in [2.75, 3.05) is 6.54 Å². The van der Waals surface area contributed by atoms with Gasteiger partial charge in [0.1, 0.15) is 5.82 Å². The van der Waals surface area contributed by atoms with Crippen molar-refractivity contribution in [3.8, 4) is 0 Å². The number of rotatable bonds is 4. The highest BCUT2D eigenvalue weighted by Gasteiger charge is 2.23. The first kappa shape index (κ1) is 15.0. The number of nitrogens with two attached hydrogens (primary N) is 1. The van der Waals surface area contributed by atoms with Crippen molar-refractivity contribution < 1.29 is 9.50 Å². The molecule has 0 heterocycles. The van der Waals surface area contributed by atoms with Crippen LogP contribution in [0.15, 0.2) is 42.5 Å². The van der Waals surface area contributed by atoms with Crippen LogP contribution in [-0.2, 0) is 0 Å². The lowest BCUT2D eigenvalue weighted by Gasteiger charge is -2.23. The molecule has 0 saturated heterocycles. The predicted molar refractivity (Wildman–Crippen MR) is 79.3 cm³/mol. The monoisotopic (exact) mass is 293 g/mol. The van der Waals surface area contributed by atoms with Gasteiger partial charge in [-0.05, 0) is 41.8 Å². The van der Waals surface area contributed by atoms with Gasteiger partial charge in [0, 0.05) is 17.5 Å². The molecular weight excluding hydrogens is 277 g/mol. The topological polar surface area (TPSA) is 46.2 Å². The molecule has 0 aliphatic heterocycles. The minimum absolute atomic E-state index is 0.203. The van der Waals surface area contributed by atoms with E-state index in [1.807, 2.05) is 13.0 Å². The highest BCUT2D eigenvalue weighted by Crippen LogP contribution is 2.34. The molecule has 0 fully saturated rings. The fourth-order valence-corrected chi connectivity index (χ4v) is 2.62. The van der Waals surface area contributed by atoms with Crippen LogP contribution in [0.3, 0.4) is 0 Å². The standard InChI is InChI=1S/C16H17ClFNO/c1-10-5-6-13(15(17)7-10)16(20)14(9-19)11-3-2-4-12(18)8-11/h2-8,14,16,20H,9,19H2,1H3. The van der Waals surface area contributed by atoms with Crippen LogP contribution < -0.4 is 5.73 Å². The fraction of sp³-hybridized carbons (Fsp3) is 0.250. The molecule has 0 aromatic heterocycles. The van der Waals surface area contributed by atoms with E-state index in [1.165, 1.54) is 12.1 Å². The molecule has 20 heavy (non-hydrogen) atoms. The van der Waals surface area contributed by atoms with Gasteiger partial charge in [-0.2, -0.15) is 0 Å². The normalized spacial score (nSPS) is 14.1. The van der Waals surface area contributed by atoms with E-state index in [2.05, 4.69) is 0 Å². The lowest BCUT2D eigenvalue weighted by Crippen LogP contribution is -2.20. The smallest absolute Gasteiger partial charge is 0.123 e. The molecule has 2 rings (SSSR count). The minimum atomic E-state index is -0.866. The van der Waals surface area contributed by atoms with Crippen LogP contribution in [0.25, 0.3) is 0 Å². The van der Waals surface area contributed by atoms with E-state index in [1.54, 1.807) is 24.3 Å². The second kappa shape index (κ2) is 6.35. The third-order valence-corrected chi connectivity index (χ3v) is 3.71. The molecule has 2 aromatic carbocycles. The molecule has 3 N–H and O–H groups in total. The maximum absolute atomic E-state index is 13.3. The van der Waals surface area contributed by atoms with Crippen molar-refractivity contribution >= 4 is 11.6 Å². The third kappa shape index (κ3) is 3.18. The Bertz CT molecular complexity index is 603. The first-order valence-electron chi connectivity index (χ1n) is 6.42. The largest absolute Gasteiger partial charge is 0.388 e. The zero-order chi connectivity index (χ0) is 14.7. The van der Waals surface area contributed by atoms with Crippen LogP contribution in [0.1, 0.15) is 28.7 Å². The molecule has 106 valence electrons. The van der Waals surface area contributed by atoms with E-state index in [0.717, 1.165) is 5.56 Å². The minimum Gasteiger partial charge on any atom is -0.388 e. The Kier molecular flexibility index (Phi) is 4.76. The molecule has 0 bridgehead atoms. The molecule has 0 aliphatic carbocycles. The molecular formula is C16H17ClFNO. The lowest BCUT2D eigenvalue weighted by atomic mass is 9.89. The molecule has 0 spiro atoms. The molecule has 2 nitrogen and oxygen atoms in total. The van der Waals surface area contributed by atoms with E-state index < -0.39 is 12.0 Å². The summed E-state index contributed by atoms with van der Waals surface area (Å²) in [7, 11) is 0. The van der Waals surface area contributed by atoms with Crippen molar-refractivity contribution in [2.45, 2.75) is 18.9 Å². The van der Waals surface area contributed by atoms with Crippen molar-refractivity contribution in [1.29, 1.82) is 0 Å². The number of hydrogen-bond acceptors (Lipinski definition) is 2. The maximum Gasteiger partial charge on any atom is 0.123 e. The highest BCUT2D eigenvalue weighted by atomic mass is 35.5. The van der Waals surface area contributed by atoms with Crippen LogP contribution in [0.5, 0.6) is 0 Å². The summed E-state index contributed by atoms with van der Waals surface area (Å²) < 4.78 is 13.3. The van der Waals surface area contributed by atoms with Gasteiger partial charge in [-0.3, -0.25) is 0 Å². The van der Waals surface area contributed by atoms with E-state index in [0.29, 0.717) is 16.1 Å². The zero-order valence-electron chi connectivity index (χ0n) is 11.2. The fourth-order valence-electron chi connectivity index (χ4n) is 2.27. The Morgan fingerprint density at radius 3 is 2.60 bits per heavy atom. The van der Waals surface area contributed by atoms with Crippen LogP contribution >= 0.6 is 11.6 Å². The highest BCUT2D eigenvalue weighted by molar-refractivity contribution is 6.31. The molecule has 0 saturated carbocycles. The number of halogens is 2. The summed E-state index contributed by atoms with van der Waals surface area (Å²) in [5, 5.41) is 11.0. The average Bonchev–Trinajstić information content (AvgIpc) is 2.39. The zero-order valence-corrected chi connectivity index (χ0v) is 11.9. The summed E-state index contributed by atoms with van der Waals surface area (Å²) in [6.07, 6.45) is -0.866. The second-order valence-corrected chi connectivity index (χ2v) is 5.27. The van der Waals surface area contributed by atoms with Crippen molar-refractivity contribution in [3.05, 3.63) is 70.0 Å². The first-order chi connectivity index (χ1) is 9.52. The van der Waals surface area contributed by atoms with Crippen LogP contribution in [-0.4, -0.2) is 11.7 Å². The second-order valence-electron chi connectivity index (χ2n) is 4.87. The Labute approximate surface area is 123 Å². The Morgan fingerprint density at radius 2 is 2.00 bits per heavy atom. The number of aliphatic hydroxyl groups is 1. The summed E-state index contributed by atoms with van der Waals surface area (Å²) in [6, 6.07) is 11.6. The Balaban J connectivity index is 2.36. The molecule has 2 aromatic rings. The van der Waals surface area contributed by atoms with Crippen molar-refractivity contribution in [3.63, 3.8) is 0 Å². The number of aryl methyl sites for hydroxylation is 1. The van der Waals surface area contributed by atoms with Gasteiger partial charge in [-0.15, -0.1) is 0 Å². The summed E-state index contributed by atoms with van der Waals surface area (Å²) in [5.41, 5.74) is 8.03.